The second-order valence-corrected chi connectivity index (χ2v) is 5.25. The van der Waals surface area contributed by atoms with Gasteiger partial charge in [-0.05, 0) is 43.0 Å². The largest absolute Gasteiger partial charge is 0.299 e. The van der Waals surface area contributed by atoms with E-state index in [-0.39, 0.29) is 5.78 Å². The molecular weight excluding hydrogens is 232 g/mol. The van der Waals surface area contributed by atoms with E-state index in [1.165, 1.54) is 22.3 Å². The van der Waals surface area contributed by atoms with E-state index in [1.54, 1.807) is 0 Å². The van der Waals surface area contributed by atoms with E-state index >= 15 is 0 Å². The van der Waals surface area contributed by atoms with Crippen molar-refractivity contribution in [1.82, 2.24) is 0 Å². The smallest absolute Gasteiger partial charge is 0.141 e. The van der Waals surface area contributed by atoms with Gasteiger partial charge in [-0.3, -0.25) is 4.79 Å². The summed E-state index contributed by atoms with van der Waals surface area (Å²) in [5.41, 5.74) is 5.91. The topological polar surface area (TPSA) is 17.1 Å². The molecule has 0 N–H and O–H groups in total. The van der Waals surface area contributed by atoms with Crippen LogP contribution in [0.1, 0.15) is 27.8 Å². The van der Waals surface area contributed by atoms with E-state index in [0.717, 1.165) is 5.56 Å². The monoisotopic (exact) mass is 252 g/mol. The number of rotatable bonds is 4. The molecule has 1 heteroatoms. The van der Waals surface area contributed by atoms with Gasteiger partial charge >= 0.3 is 0 Å². The standard InChI is InChI=1S/C18H20O/c1-13-6-4-9-16(10-13)11-17(19)12-18-14(2)7-5-8-15(18)3/h4-10H,11-12H2,1-3H3. The lowest BCUT2D eigenvalue weighted by molar-refractivity contribution is -0.117. The van der Waals surface area contributed by atoms with Gasteiger partial charge < -0.3 is 0 Å². The summed E-state index contributed by atoms with van der Waals surface area (Å²) >= 11 is 0. The van der Waals surface area contributed by atoms with Crippen molar-refractivity contribution in [2.75, 3.05) is 0 Å². The summed E-state index contributed by atoms with van der Waals surface area (Å²) in [5, 5.41) is 0. The number of Topliss-reactive ketones (excluding diaryl/α,β-unsaturated/α-hetero) is 1. The third-order valence-corrected chi connectivity index (χ3v) is 3.50. The van der Waals surface area contributed by atoms with Crippen LogP contribution in [0.15, 0.2) is 42.5 Å². The summed E-state index contributed by atoms with van der Waals surface area (Å²) in [6.07, 6.45) is 1.06. The minimum absolute atomic E-state index is 0.281. The minimum atomic E-state index is 0.281. The van der Waals surface area contributed by atoms with Gasteiger partial charge in [-0.15, -0.1) is 0 Å². The average molecular weight is 252 g/mol. The molecule has 0 atom stereocenters. The van der Waals surface area contributed by atoms with E-state index in [0.29, 0.717) is 12.8 Å². The zero-order chi connectivity index (χ0) is 13.8. The van der Waals surface area contributed by atoms with Gasteiger partial charge in [0.05, 0.1) is 0 Å². The van der Waals surface area contributed by atoms with Gasteiger partial charge in [0.2, 0.25) is 0 Å². The molecule has 1 nitrogen and oxygen atoms in total. The van der Waals surface area contributed by atoms with E-state index < -0.39 is 0 Å². The average Bonchev–Trinajstić information content (AvgIpc) is 2.34. The van der Waals surface area contributed by atoms with Gasteiger partial charge in [-0.1, -0.05) is 48.0 Å². The van der Waals surface area contributed by atoms with Crippen LogP contribution in [0.5, 0.6) is 0 Å². The van der Waals surface area contributed by atoms with Crippen molar-refractivity contribution < 1.29 is 4.79 Å². The number of aryl methyl sites for hydroxylation is 3. The molecule has 2 rings (SSSR count). The molecule has 0 radical (unpaired) electrons. The van der Waals surface area contributed by atoms with Gasteiger partial charge in [0.1, 0.15) is 5.78 Å². The number of carbonyl (C=O) groups excluding carboxylic acids is 1. The molecule has 0 unspecified atom stereocenters. The third-order valence-electron chi connectivity index (χ3n) is 3.50. The first-order valence-electron chi connectivity index (χ1n) is 6.68. The first-order valence-corrected chi connectivity index (χ1v) is 6.68. The lowest BCUT2D eigenvalue weighted by Crippen LogP contribution is -2.09. The number of hydrogen-bond donors (Lipinski definition) is 0. The van der Waals surface area contributed by atoms with Gasteiger partial charge in [0.15, 0.2) is 0 Å². The quantitative estimate of drug-likeness (QED) is 0.804. The Hall–Kier alpha value is -1.89. The Bertz CT molecular complexity index is 576. The molecule has 0 aromatic heterocycles. The van der Waals surface area contributed by atoms with Gasteiger partial charge in [0, 0.05) is 12.8 Å². The van der Waals surface area contributed by atoms with Crippen molar-refractivity contribution >= 4 is 5.78 Å². The number of ketones is 1. The predicted molar refractivity (Wildman–Crippen MR) is 79.5 cm³/mol. The fourth-order valence-electron chi connectivity index (χ4n) is 2.44. The highest BCUT2D eigenvalue weighted by Crippen LogP contribution is 2.15. The van der Waals surface area contributed by atoms with Crippen LogP contribution in [-0.2, 0) is 17.6 Å². The SMILES string of the molecule is Cc1cccc(CC(=O)Cc2c(C)cccc2C)c1. The number of hydrogen-bond acceptors (Lipinski definition) is 1. The van der Waals surface area contributed by atoms with Gasteiger partial charge in [-0.2, -0.15) is 0 Å². The van der Waals surface area contributed by atoms with Crippen molar-refractivity contribution in [2.24, 2.45) is 0 Å². The van der Waals surface area contributed by atoms with E-state index in [1.807, 2.05) is 18.2 Å². The molecule has 0 fully saturated rings. The summed E-state index contributed by atoms with van der Waals surface area (Å²) in [4.78, 5) is 12.2. The number of benzene rings is 2. The van der Waals surface area contributed by atoms with Crippen LogP contribution in [0.3, 0.4) is 0 Å². The minimum Gasteiger partial charge on any atom is -0.299 e. The lowest BCUT2D eigenvalue weighted by Gasteiger charge is -2.09. The molecular formula is C18H20O. The Morgan fingerprint density at radius 1 is 0.895 bits per heavy atom. The maximum absolute atomic E-state index is 12.2. The van der Waals surface area contributed by atoms with Crippen molar-refractivity contribution in [1.29, 1.82) is 0 Å². The summed E-state index contributed by atoms with van der Waals surface area (Å²) in [5.74, 6) is 0.281. The molecule has 2 aromatic carbocycles. The van der Waals surface area contributed by atoms with Crippen LogP contribution in [0.25, 0.3) is 0 Å². The Balaban J connectivity index is 2.10. The van der Waals surface area contributed by atoms with Gasteiger partial charge in [-0.25, -0.2) is 0 Å². The fourth-order valence-corrected chi connectivity index (χ4v) is 2.44. The second-order valence-electron chi connectivity index (χ2n) is 5.25. The molecule has 0 aliphatic carbocycles. The molecule has 0 saturated carbocycles. The van der Waals surface area contributed by atoms with Crippen LogP contribution in [-0.4, -0.2) is 5.78 Å². The lowest BCUT2D eigenvalue weighted by atomic mass is 9.95. The highest BCUT2D eigenvalue weighted by atomic mass is 16.1. The van der Waals surface area contributed by atoms with Crippen LogP contribution >= 0.6 is 0 Å². The zero-order valence-electron chi connectivity index (χ0n) is 11.9. The van der Waals surface area contributed by atoms with E-state index in [9.17, 15) is 4.79 Å². The zero-order valence-corrected chi connectivity index (χ0v) is 11.9. The Morgan fingerprint density at radius 2 is 1.53 bits per heavy atom. The third kappa shape index (κ3) is 3.54. The Kier molecular flexibility index (Phi) is 4.16. The van der Waals surface area contributed by atoms with Crippen LogP contribution < -0.4 is 0 Å². The fraction of sp³-hybridized carbons (Fsp3) is 0.278. The highest BCUT2D eigenvalue weighted by Gasteiger charge is 2.09. The molecule has 0 heterocycles. The maximum atomic E-state index is 12.2. The first-order chi connectivity index (χ1) is 9.06. The van der Waals surface area contributed by atoms with Crippen LogP contribution in [0.4, 0.5) is 0 Å². The molecule has 0 bridgehead atoms. The second kappa shape index (κ2) is 5.83. The maximum Gasteiger partial charge on any atom is 0.141 e. The van der Waals surface area contributed by atoms with Crippen molar-refractivity contribution in [3.63, 3.8) is 0 Å². The predicted octanol–water partition coefficient (Wildman–Crippen LogP) is 3.97. The van der Waals surface area contributed by atoms with E-state index in [2.05, 4.69) is 45.0 Å². The normalized spacial score (nSPS) is 10.5. The summed E-state index contributed by atoms with van der Waals surface area (Å²) in [6, 6.07) is 14.4. The van der Waals surface area contributed by atoms with Gasteiger partial charge in [0.25, 0.3) is 0 Å². The van der Waals surface area contributed by atoms with Crippen molar-refractivity contribution in [3.8, 4) is 0 Å². The highest BCUT2D eigenvalue weighted by molar-refractivity contribution is 5.83. The molecule has 98 valence electrons. The summed E-state index contributed by atoms with van der Waals surface area (Å²) < 4.78 is 0. The molecule has 0 aliphatic rings. The molecule has 2 aromatic rings. The molecule has 0 aliphatic heterocycles. The Morgan fingerprint density at radius 3 is 2.16 bits per heavy atom. The van der Waals surface area contributed by atoms with E-state index in [4.69, 9.17) is 0 Å². The molecule has 19 heavy (non-hydrogen) atoms. The first kappa shape index (κ1) is 13.5. The van der Waals surface area contributed by atoms with Crippen molar-refractivity contribution in [2.45, 2.75) is 33.6 Å². The van der Waals surface area contributed by atoms with Crippen LogP contribution in [0, 0.1) is 20.8 Å². The number of carbonyl (C=O) groups is 1. The van der Waals surface area contributed by atoms with Crippen LogP contribution in [0.2, 0.25) is 0 Å². The van der Waals surface area contributed by atoms with Crippen molar-refractivity contribution in [3.05, 3.63) is 70.3 Å². The Labute approximate surface area is 115 Å². The summed E-state index contributed by atoms with van der Waals surface area (Å²) in [7, 11) is 0. The summed E-state index contributed by atoms with van der Waals surface area (Å²) in [6.45, 7) is 6.20. The molecule has 0 saturated heterocycles. The molecule has 0 spiro atoms. The molecule has 0 amide bonds.